The van der Waals surface area contributed by atoms with E-state index in [2.05, 4.69) is 25.5 Å². The number of carbonyl (C=O) groups is 2. The molecule has 6 rings (SSSR count). The number of aromatic amines is 1. The van der Waals surface area contributed by atoms with Crippen molar-refractivity contribution in [1.82, 2.24) is 19.8 Å². The Morgan fingerprint density at radius 3 is 2.30 bits per heavy atom. The van der Waals surface area contributed by atoms with Gasteiger partial charge in [-0.1, -0.05) is 24.3 Å². The lowest BCUT2D eigenvalue weighted by molar-refractivity contribution is 0.0664. The fraction of sp³-hybridized carbons (Fsp3) is 0.161. The molecule has 1 aliphatic heterocycles. The summed E-state index contributed by atoms with van der Waals surface area (Å²) < 4.78 is 0. The number of nitrogens with one attached hydrogen (secondary N) is 3. The molecule has 40 heavy (non-hydrogen) atoms. The monoisotopic (exact) mass is 532 g/mol. The van der Waals surface area contributed by atoms with Gasteiger partial charge in [0, 0.05) is 71.0 Å². The van der Waals surface area contributed by atoms with E-state index in [1.54, 1.807) is 30.5 Å². The lowest BCUT2D eigenvalue weighted by Gasteiger charge is -2.32. The highest BCUT2D eigenvalue weighted by Gasteiger charge is 2.21. The van der Waals surface area contributed by atoms with Gasteiger partial charge in [0.2, 0.25) is 0 Å². The maximum Gasteiger partial charge on any atom is 0.257 e. The number of carbonyl (C=O) groups excluding carboxylic acids is 2. The summed E-state index contributed by atoms with van der Waals surface area (Å²) in [6, 6.07) is 23.5. The van der Waals surface area contributed by atoms with Gasteiger partial charge in [-0.15, -0.1) is 0 Å². The summed E-state index contributed by atoms with van der Waals surface area (Å²) in [7, 11) is 2.04. The summed E-state index contributed by atoms with van der Waals surface area (Å²) in [6.07, 6.45) is 1.63. The van der Waals surface area contributed by atoms with Crippen molar-refractivity contribution in [1.29, 1.82) is 0 Å². The van der Waals surface area contributed by atoms with Crippen molar-refractivity contribution in [2.45, 2.75) is 0 Å². The summed E-state index contributed by atoms with van der Waals surface area (Å²) in [5.41, 5.74) is 3.46. The van der Waals surface area contributed by atoms with Gasteiger partial charge >= 0.3 is 0 Å². The third-order valence-corrected chi connectivity index (χ3v) is 7.21. The minimum absolute atomic E-state index is 0.0709. The number of pyridine rings is 2. The molecule has 9 nitrogen and oxygen atoms in total. The van der Waals surface area contributed by atoms with Crippen LogP contribution in [0.2, 0.25) is 0 Å². The summed E-state index contributed by atoms with van der Waals surface area (Å²) in [6.45, 7) is 2.97. The molecule has 5 aromatic rings. The Balaban J connectivity index is 1.28. The van der Waals surface area contributed by atoms with Crippen molar-refractivity contribution in [3.05, 3.63) is 107 Å². The van der Waals surface area contributed by atoms with Crippen molar-refractivity contribution in [2.75, 3.05) is 43.9 Å². The van der Waals surface area contributed by atoms with Gasteiger partial charge in [-0.25, -0.2) is 4.98 Å². The first-order chi connectivity index (χ1) is 19.5. The number of piperazine rings is 1. The zero-order chi connectivity index (χ0) is 27.6. The van der Waals surface area contributed by atoms with Crippen LogP contribution in [0, 0.1) is 0 Å². The summed E-state index contributed by atoms with van der Waals surface area (Å²) in [4.78, 5) is 49.9. The van der Waals surface area contributed by atoms with Gasteiger partial charge in [-0.2, -0.15) is 0 Å². The number of anilines is 3. The molecule has 1 saturated heterocycles. The van der Waals surface area contributed by atoms with Crippen molar-refractivity contribution in [2.24, 2.45) is 0 Å². The SMILES string of the molecule is CN1CCN(C(=O)c2ccc3c(c2)c(=O)[nH]c2nccc(Nc4ccc(NC(=O)c5ccccc5)cc4)c23)CC1. The molecule has 1 fully saturated rings. The first-order valence-corrected chi connectivity index (χ1v) is 13.1. The van der Waals surface area contributed by atoms with E-state index >= 15 is 0 Å². The zero-order valence-electron chi connectivity index (χ0n) is 22.0. The van der Waals surface area contributed by atoms with Gasteiger partial charge in [0.25, 0.3) is 17.4 Å². The quantitative estimate of drug-likeness (QED) is 0.288. The Morgan fingerprint density at radius 1 is 0.825 bits per heavy atom. The number of fused-ring (bicyclic) bond motifs is 3. The van der Waals surface area contributed by atoms with E-state index < -0.39 is 0 Å². The molecular formula is C31H28N6O3. The number of H-pyrrole nitrogens is 1. The average Bonchev–Trinajstić information content (AvgIpc) is 2.98. The molecule has 2 amide bonds. The summed E-state index contributed by atoms with van der Waals surface area (Å²) in [5.74, 6) is -0.249. The third-order valence-electron chi connectivity index (χ3n) is 7.21. The van der Waals surface area contributed by atoms with Crippen LogP contribution in [-0.4, -0.2) is 64.8 Å². The van der Waals surface area contributed by atoms with E-state index in [0.717, 1.165) is 29.9 Å². The molecular weight excluding hydrogens is 504 g/mol. The van der Waals surface area contributed by atoms with E-state index in [1.165, 1.54) is 0 Å². The number of likely N-dealkylation sites (N-methyl/N-ethyl adjacent to an activating group) is 1. The van der Waals surface area contributed by atoms with Crippen LogP contribution in [0.5, 0.6) is 0 Å². The summed E-state index contributed by atoms with van der Waals surface area (Å²) >= 11 is 0. The molecule has 3 aromatic carbocycles. The third kappa shape index (κ3) is 5.02. The highest BCUT2D eigenvalue weighted by Crippen LogP contribution is 2.30. The Morgan fingerprint density at radius 2 is 1.55 bits per heavy atom. The first-order valence-electron chi connectivity index (χ1n) is 13.1. The Labute approximate surface area is 230 Å². The second-order valence-corrected chi connectivity index (χ2v) is 9.91. The Kier molecular flexibility index (Phi) is 6.71. The molecule has 200 valence electrons. The largest absolute Gasteiger partial charge is 0.355 e. The molecule has 0 aliphatic carbocycles. The van der Waals surface area contributed by atoms with Gasteiger partial charge in [-0.3, -0.25) is 14.4 Å². The molecule has 0 atom stereocenters. The van der Waals surface area contributed by atoms with Crippen LogP contribution >= 0.6 is 0 Å². The van der Waals surface area contributed by atoms with Crippen molar-refractivity contribution in [3.8, 4) is 0 Å². The minimum Gasteiger partial charge on any atom is -0.355 e. The van der Waals surface area contributed by atoms with Crippen molar-refractivity contribution < 1.29 is 9.59 Å². The predicted molar refractivity (Wildman–Crippen MR) is 157 cm³/mol. The number of nitrogens with zero attached hydrogens (tertiary/aromatic N) is 3. The van der Waals surface area contributed by atoms with E-state index in [1.807, 2.05) is 66.5 Å². The van der Waals surface area contributed by atoms with Gasteiger partial charge in [0.1, 0.15) is 5.65 Å². The standard InChI is InChI=1S/C31H28N6O3/c1-36-15-17-37(18-16-36)31(40)21-7-12-24-25(19-21)30(39)35-28-27(24)26(13-14-32-28)33-22-8-10-23(11-9-22)34-29(38)20-5-3-2-4-6-20/h2-14,19H,15-18H2,1H3,(H,34,38)(H2,32,33,35,39). The van der Waals surface area contributed by atoms with Crippen LogP contribution in [0.1, 0.15) is 20.7 Å². The number of rotatable bonds is 5. The topological polar surface area (TPSA) is 110 Å². The predicted octanol–water partition coefficient (Wildman–Crippen LogP) is 4.46. The van der Waals surface area contributed by atoms with E-state index in [9.17, 15) is 14.4 Å². The van der Waals surface area contributed by atoms with Crippen LogP contribution in [-0.2, 0) is 0 Å². The molecule has 0 spiro atoms. The zero-order valence-corrected chi connectivity index (χ0v) is 22.0. The summed E-state index contributed by atoms with van der Waals surface area (Å²) in [5, 5.41) is 8.19. The fourth-order valence-electron chi connectivity index (χ4n) is 4.97. The second-order valence-electron chi connectivity index (χ2n) is 9.91. The molecule has 0 bridgehead atoms. The fourth-order valence-corrected chi connectivity index (χ4v) is 4.97. The minimum atomic E-state index is -0.293. The first kappa shape index (κ1) is 25.3. The van der Waals surface area contributed by atoms with Gasteiger partial charge in [-0.05, 0) is 61.6 Å². The molecule has 3 heterocycles. The maximum atomic E-state index is 13.2. The van der Waals surface area contributed by atoms with E-state index in [0.29, 0.717) is 46.3 Å². The Bertz CT molecular complexity index is 1780. The van der Waals surface area contributed by atoms with Gasteiger partial charge in [0.05, 0.1) is 5.69 Å². The Hall–Kier alpha value is -5.02. The van der Waals surface area contributed by atoms with Crippen LogP contribution in [0.4, 0.5) is 17.1 Å². The molecule has 0 radical (unpaired) electrons. The molecule has 0 unspecified atom stereocenters. The highest BCUT2D eigenvalue weighted by atomic mass is 16.2. The number of amides is 2. The van der Waals surface area contributed by atoms with Crippen molar-refractivity contribution >= 4 is 50.7 Å². The van der Waals surface area contributed by atoms with Gasteiger partial charge in [0.15, 0.2) is 0 Å². The smallest absolute Gasteiger partial charge is 0.257 e. The molecule has 0 saturated carbocycles. The number of hydrogen-bond donors (Lipinski definition) is 3. The van der Waals surface area contributed by atoms with Crippen LogP contribution in [0.25, 0.3) is 21.8 Å². The highest BCUT2D eigenvalue weighted by molar-refractivity contribution is 6.12. The normalized spacial score (nSPS) is 13.9. The van der Waals surface area contributed by atoms with E-state index in [-0.39, 0.29) is 17.4 Å². The number of aromatic nitrogens is 2. The van der Waals surface area contributed by atoms with Crippen LogP contribution in [0.3, 0.4) is 0 Å². The molecule has 3 N–H and O–H groups in total. The maximum absolute atomic E-state index is 13.2. The average molecular weight is 533 g/mol. The van der Waals surface area contributed by atoms with Gasteiger partial charge < -0.3 is 25.4 Å². The number of hydrogen-bond acceptors (Lipinski definition) is 6. The second kappa shape index (κ2) is 10.6. The van der Waals surface area contributed by atoms with E-state index in [4.69, 9.17) is 0 Å². The lowest BCUT2D eigenvalue weighted by Crippen LogP contribution is -2.47. The molecule has 9 heteroatoms. The van der Waals surface area contributed by atoms with Crippen molar-refractivity contribution in [3.63, 3.8) is 0 Å². The molecule has 2 aromatic heterocycles. The number of benzene rings is 3. The molecule has 1 aliphatic rings. The lowest BCUT2D eigenvalue weighted by atomic mass is 10.0. The van der Waals surface area contributed by atoms with Crippen LogP contribution < -0.4 is 16.2 Å². The van der Waals surface area contributed by atoms with Crippen LogP contribution in [0.15, 0.2) is 89.9 Å².